The topological polar surface area (TPSA) is 27.7 Å². The third-order valence-corrected chi connectivity index (χ3v) is 6.65. The Morgan fingerprint density at radius 3 is 2.17 bits per heavy atom. The largest absolute Gasteiger partial charge is 0.494 e. The van der Waals surface area contributed by atoms with Gasteiger partial charge in [-0.2, -0.15) is 13.2 Å². The van der Waals surface area contributed by atoms with E-state index in [9.17, 15) is 13.2 Å². The van der Waals surface area contributed by atoms with Crippen LogP contribution < -0.4 is 4.74 Å². The van der Waals surface area contributed by atoms with Crippen molar-refractivity contribution in [2.75, 3.05) is 13.2 Å². The Balaban J connectivity index is 1.55. The molecule has 1 fully saturated rings. The fourth-order valence-corrected chi connectivity index (χ4v) is 4.58. The first-order valence-corrected chi connectivity index (χ1v) is 13.0. The predicted molar refractivity (Wildman–Crippen MR) is 134 cm³/mol. The summed E-state index contributed by atoms with van der Waals surface area (Å²) in [5.74, 6) is 0.743. The minimum absolute atomic E-state index is 0.102. The van der Waals surface area contributed by atoms with Gasteiger partial charge in [0.05, 0.1) is 19.3 Å². The van der Waals surface area contributed by atoms with E-state index in [4.69, 9.17) is 14.2 Å². The van der Waals surface area contributed by atoms with Crippen LogP contribution in [0.15, 0.2) is 48.5 Å². The molecule has 0 amide bonds. The van der Waals surface area contributed by atoms with E-state index in [1.165, 1.54) is 19.3 Å². The minimum Gasteiger partial charge on any atom is -0.494 e. The number of rotatable bonds is 14. The second-order valence-corrected chi connectivity index (χ2v) is 9.43. The second-order valence-electron chi connectivity index (χ2n) is 9.43. The number of halogens is 3. The van der Waals surface area contributed by atoms with Crippen LogP contribution in [0, 0.1) is 5.92 Å². The van der Waals surface area contributed by atoms with Crippen LogP contribution in [0.3, 0.4) is 0 Å². The first kappa shape index (κ1) is 27.5. The van der Waals surface area contributed by atoms with Crippen molar-refractivity contribution in [3.05, 3.63) is 54.1 Å². The van der Waals surface area contributed by atoms with E-state index in [1.54, 1.807) is 0 Å². The van der Waals surface area contributed by atoms with E-state index in [2.05, 4.69) is 6.92 Å². The number of hydrogen-bond donors (Lipinski definition) is 0. The summed E-state index contributed by atoms with van der Waals surface area (Å²) >= 11 is 0. The van der Waals surface area contributed by atoms with Crippen molar-refractivity contribution in [1.82, 2.24) is 0 Å². The highest BCUT2D eigenvalue weighted by Crippen LogP contribution is 2.37. The molecule has 0 unspecified atom stereocenters. The van der Waals surface area contributed by atoms with E-state index in [1.807, 2.05) is 55.5 Å². The molecule has 2 aromatic carbocycles. The molecule has 0 radical (unpaired) electrons. The van der Waals surface area contributed by atoms with Crippen molar-refractivity contribution in [2.24, 2.45) is 5.92 Å². The van der Waals surface area contributed by atoms with Crippen molar-refractivity contribution >= 4 is 0 Å². The van der Waals surface area contributed by atoms with Crippen molar-refractivity contribution in [3.8, 4) is 16.9 Å². The highest BCUT2D eigenvalue weighted by Gasteiger charge is 2.50. The SMILES string of the molecule is CCCCCCOc1ccc(-c2ccc(CO[C@H]([C@H]3OCC[C@@H]3CCCC)C(F)(F)F)cc2)cc1. The van der Waals surface area contributed by atoms with Gasteiger partial charge >= 0.3 is 6.18 Å². The fourth-order valence-electron chi connectivity index (χ4n) is 4.58. The summed E-state index contributed by atoms with van der Waals surface area (Å²) < 4.78 is 58.2. The molecule has 3 atom stereocenters. The highest BCUT2D eigenvalue weighted by atomic mass is 19.4. The average Bonchev–Trinajstić information content (AvgIpc) is 3.30. The Kier molecular flexibility index (Phi) is 10.9. The maximum atomic E-state index is 13.8. The van der Waals surface area contributed by atoms with Gasteiger partial charge in [0.2, 0.25) is 0 Å². The lowest BCUT2D eigenvalue weighted by Gasteiger charge is -2.29. The first-order chi connectivity index (χ1) is 16.9. The Hall–Kier alpha value is -2.05. The lowest BCUT2D eigenvalue weighted by atomic mass is 9.91. The van der Waals surface area contributed by atoms with Crippen LogP contribution in [0.1, 0.15) is 70.8 Å². The van der Waals surface area contributed by atoms with E-state index >= 15 is 0 Å². The van der Waals surface area contributed by atoms with Gasteiger partial charge in [0, 0.05) is 6.61 Å². The number of ether oxygens (including phenoxy) is 3. The summed E-state index contributed by atoms with van der Waals surface area (Å²) in [7, 11) is 0. The van der Waals surface area contributed by atoms with Gasteiger partial charge in [0.25, 0.3) is 0 Å². The molecule has 1 aliphatic heterocycles. The van der Waals surface area contributed by atoms with Crippen molar-refractivity contribution < 1.29 is 27.4 Å². The summed E-state index contributed by atoms with van der Waals surface area (Å²) in [5, 5.41) is 0. The van der Waals surface area contributed by atoms with Gasteiger partial charge in [-0.15, -0.1) is 0 Å². The molecule has 0 aromatic heterocycles. The molecule has 0 spiro atoms. The van der Waals surface area contributed by atoms with Crippen molar-refractivity contribution in [3.63, 3.8) is 0 Å². The number of benzene rings is 2. The highest BCUT2D eigenvalue weighted by molar-refractivity contribution is 5.64. The maximum Gasteiger partial charge on any atom is 0.417 e. The van der Waals surface area contributed by atoms with Crippen LogP contribution >= 0.6 is 0 Å². The van der Waals surface area contributed by atoms with Crippen molar-refractivity contribution in [2.45, 2.75) is 90.2 Å². The van der Waals surface area contributed by atoms with E-state index < -0.39 is 18.4 Å². The van der Waals surface area contributed by atoms with E-state index in [0.717, 1.165) is 49.2 Å². The van der Waals surface area contributed by atoms with Crippen LogP contribution in [0.25, 0.3) is 11.1 Å². The van der Waals surface area contributed by atoms with Crippen LogP contribution in [0.2, 0.25) is 0 Å². The summed E-state index contributed by atoms with van der Waals surface area (Å²) in [4.78, 5) is 0. The van der Waals surface area contributed by atoms with Crippen molar-refractivity contribution in [1.29, 1.82) is 0 Å². The normalized spacial score (nSPS) is 19.1. The molecule has 6 heteroatoms. The van der Waals surface area contributed by atoms with Crippen LogP contribution in [-0.4, -0.2) is 31.6 Å². The lowest BCUT2D eigenvalue weighted by Crippen LogP contribution is -2.44. The van der Waals surface area contributed by atoms with Gasteiger partial charge in [-0.1, -0.05) is 82.3 Å². The smallest absolute Gasteiger partial charge is 0.417 e. The Morgan fingerprint density at radius 2 is 1.54 bits per heavy atom. The molecule has 35 heavy (non-hydrogen) atoms. The second kappa shape index (κ2) is 13.9. The van der Waals surface area contributed by atoms with Crippen LogP contribution in [0.4, 0.5) is 13.2 Å². The summed E-state index contributed by atoms with van der Waals surface area (Å²) in [6.07, 6.45) is 0.665. The van der Waals surface area contributed by atoms with Gasteiger partial charge in [0.1, 0.15) is 5.75 Å². The standard InChI is InChI=1S/C29H39F3O3/c1-3-5-7-8-19-33-26-16-14-24(15-17-26)23-12-10-22(11-13-23)21-35-28(29(30,31)32)27-25(9-6-4-2)18-20-34-27/h10-17,25,27-28H,3-9,18-21H2,1-2H3/t25-,27-,28+/m0/s1. The summed E-state index contributed by atoms with van der Waals surface area (Å²) in [6.45, 7) is 5.22. The van der Waals surface area contributed by atoms with E-state index in [0.29, 0.717) is 18.6 Å². The molecule has 0 saturated carbocycles. The zero-order valence-corrected chi connectivity index (χ0v) is 21.0. The van der Waals surface area contributed by atoms with Gasteiger partial charge in [-0.3, -0.25) is 0 Å². The Labute approximate surface area is 208 Å². The van der Waals surface area contributed by atoms with Gasteiger partial charge in [-0.25, -0.2) is 0 Å². The molecule has 0 bridgehead atoms. The quantitative estimate of drug-likeness (QED) is 0.248. The van der Waals surface area contributed by atoms with Gasteiger partial charge < -0.3 is 14.2 Å². The zero-order chi connectivity index (χ0) is 25.1. The number of unbranched alkanes of at least 4 members (excludes halogenated alkanes) is 4. The molecular formula is C29H39F3O3. The molecule has 3 nitrogen and oxygen atoms in total. The number of alkyl halides is 3. The van der Waals surface area contributed by atoms with Gasteiger partial charge in [0.15, 0.2) is 6.10 Å². The molecule has 0 N–H and O–H groups in total. The Morgan fingerprint density at radius 1 is 0.886 bits per heavy atom. The number of hydrogen-bond acceptors (Lipinski definition) is 3. The average molecular weight is 493 g/mol. The molecule has 3 rings (SSSR count). The summed E-state index contributed by atoms with van der Waals surface area (Å²) in [5.41, 5.74) is 2.73. The zero-order valence-electron chi connectivity index (χ0n) is 21.0. The molecule has 1 aliphatic rings. The fraction of sp³-hybridized carbons (Fsp3) is 0.586. The first-order valence-electron chi connectivity index (χ1n) is 13.0. The maximum absolute atomic E-state index is 13.8. The van der Waals surface area contributed by atoms with E-state index in [-0.39, 0.29) is 12.5 Å². The molecule has 1 saturated heterocycles. The van der Waals surface area contributed by atoms with Gasteiger partial charge in [-0.05, 0) is 54.0 Å². The molecular weight excluding hydrogens is 453 g/mol. The lowest BCUT2D eigenvalue weighted by molar-refractivity contribution is -0.255. The molecule has 194 valence electrons. The molecule has 1 heterocycles. The summed E-state index contributed by atoms with van der Waals surface area (Å²) in [6, 6.07) is 15.4. The van der Waals surface area contributed by atoms with Crippen LogP contribution in [0.5, 0.6) is 5.75 Å². The Bertz CT molecular complexity index is 849. The van der Waals surface area contributed by atoms with Crippen LogP contribution in [-0.2, 0) is 16.1 Å². The minimum atomic E-state index is -4.46. The third-order valence-electron chi connectivity index (χ3n) is 6.65. The monoisotopic (exact) mass is 492 g/mol. The predicted octanol–water partition coefficient (Wildman–Crippen LogP) is 8.36. The molecule has 2 aromatic rings. The third kappa shape index (κ3) is 8.53. The molecule has 0 aliphatic carbocycles.